The highest BCUT2D eigenvalue weighted by molar-refractivity contribution is 6.30. The topological polar surface area (TPSA) is 65.8 Å². The minimum Gasteiger partial charge on any atom is -0.451 e. The molecule has 1 N–H and O–H groups in total. The van der Waals surface area contributed by atoms with Gasteiger partial charge in [0.15, 0.2) is 5.76 Å². The van der Waals surface area contributed by atoms with E-state index in [9.17, 15) is 9.59 Å². The summed E-state index contributed by atoms with van der Waals surface area (Å²) in [5.41, 5.74) is 0.874. The molecule has 0 radical (unpaired) electrons. The van der Waals surface area contributed by atoms with Crippen LogP contribution in [0.15, 0.2) is 40.8 Å². The van der Waals surface area contributed by atoms with Crippen molar-refractivity contribution in [1.82, 2.24) is 15.1 Å². The number of nitrogens with zero attached hydrogens (tertiary/aromatic N) is 2. The van der Waals surface area contributed by atoms with Gasteiger partial charge >= 0.3 is 0 Å². The fourth-order valence-corrected chi connectivity index (χ4v) is 3.18. The van der Waals surface area contributed by atoms with E-state index in [1.165, 1.54) is 0 Å². The lowest BCUT2D eigenvalue weighted by atomic mass is 10.2. The number of hydrogen-bond acceptors (Lipinski definition) is 4. The standard InChI is InChI=1S/C20H24ClN3O3/c1-14(2)22-19(25)13-23-9-11-24(12-10-23)20(26)18-8-7-17(27-18)15-3-5-16(21)6-4-15/h3-8,14H,9-13H2,1-2H3,(H,22,25). The van der Waals surface area contributed by atoms with E-state index in [4.69, 9.17) is 16.0 Å². The molecule has 1 saturated heterocycles. The summed E-state index contributed by atoms with van der Waals surface area (Å²) in [5.74, 6) is 0.856. The van der Waals surface area contributed by atoms with Crippen LogP contribution < -0.4 is 5.32 Å². The zero-order chi connectivity index (χ0) is 19.4. The number of amides is 2. The molecule has 1 fully saturated rings. The van der Waals surface area contributed by atoms with Crippen LogP contribution in [0.25, 0.3) is 11.3 Å². The Labute approximate surface area is 164 Å². The Hall–Kier alpha value is -2.31. The molecule has 2 heterocycles. The van der Waals surface area contributed by atoms with Gasteiger partial charge in [0.25, 0.3) is 5.91 Å². The number of halogens is 1. The molecule has 0 saturated carbocycles. The van der Waals surface area contributed by atoms with E-state index in [0.29, 0.717) is 49.3 Å². The first-order chi connectivity index (χ1) is 12.9. The maximum Gasteiger partial charge on any atom is 0.289 e. The quantitative estimate of drug-likeness (QED) is 0.853. The highest BCUT2D eigenvalue weighted by Gasteiger charge is 2.25. The zero-order valence-electron chi connectivity index (χ0n) is 15.6. The van der Waals surface area contributed by atoms with Crippen molar-refractivity contribution in [1.29, 1.82) is 0 Å². The Morgan fingerprint density at radius 3 is 2.37 bits per heavy atom. The second-order valence-corrected chi connectivity index (χ2v) is 7.40. The van der Waals surface area contributed by atoms with Crippen molar-refractivity contribution in [2.24, 2.45) is 0 Å². The van der Waals surface area contributed by atoms with Crippen molar-refractivity contribution in [3.05, 3.63) is 47.2 Å². The van der Waals surface area contributed by atoms with Crippen molar-refractivity contribution in [3.63, 3.8) is 0 Å². The maximum atomic E-state index is 12.7. The number of furan rings is 1. The fraction of sp³-hybridized carbons (Fsp3) is 0.400. The van der Waals surface area contributed by atoms with Gasteiger partial charge in [-0.25, -0.2) is 0 Å². The third kappa shape index (κ3) is 5.11. The van der Waals surface area contributed by atoms with Crippen LogP contribution in [0.2, 0.25) is 5.02 Å². The van der Waals surface area contributed by atoms with Crippen molar-refractivity contribution in [2.45, 2.75) is 19.9 Å². The van der Waals surface area contributed by atoms with Crippen molar-refractivity contribution < 1.29 is 14.0 Å². The largest absolute Gasteiger partial charge is 0.451 e. The average Bonchev–Trinajstić information content (AvgIpc) is 3.12. The van der Waals surface area contributed by atoms with Gasteiger partial charge in [-0.2, -0.15) is 0 Å². The number of carbonyl (C=O) groups excluding carboxylic acids is 2. The second-order valence-electron chi connectivity index (χ2n) is 6.96. The Bertz CT molecular complexity index is 793. The number of rotatable bonds is 5. The molecule has 1 aliphatic heterocycles. The van der Waals surface area contributed by atoms with Crippen LogP contribution in [0.3, 0.4) is 0 Å². The molecule has 0 atom stereocenters. The summed E-state index contributed by atoms with van der Waals surface area (Å²) in [7, 11) is 0. The van der Waals surface area contributed by atoms with Gasteiger partial charge in [-0.1, -0.05) is 11.6 Å². The highest BCUT2D eigenvalue weighted by atomic mass is 35.5. The molecule has 6 nitrogen and oxygen atoms in total. The number of carbonyl (C=O) groups is 2. The van der Waals surface area contributed by atoms with E-state index < -0.39 is 0 Å². The number of hydrogen-bond donors (Lipinski definition) is 1. The first kappa shape index (κ1) is 19.5. The molecule has 3 rings (SSSR count). The van der Waals surface area contributed by atoms with Crippen molar-refractivity contribution >= 4 is 23.4 Å². The summed E-state index contributed by atoms with van der Waals surface area (Å²) >= 11 is 5.90. The molecule has 2 aromatic rings. The minimum atomic E-state index is -0.124. The van der Waals surface area contributed by atoms with Crippen LogP contribution in [0.5, 0.6) is 0 Å². The fourth-order valence-electron chi connectivity index (χ4n) is 3.06. The van der Waals surface area contributed by atoms with Gasteiger partial charge < -0.3 is 14.6 Å². The molecule has 1 aliphatic rings. The van der Waals surface area contributed by atoms with Crippen molar-refractivity contribution in [2.75, 3.05) is 32.7 Å². The molecular formula is C20H24ClN3O3. The Morgan fingerprint density at radius 2 is 1.74 bits per heavy atom. The molecule has 2 amide bonds. The number of benzene rings is 1. The Morgan fingerprint density at radius 1 is 1.07 bits per heavy atom. The van der Waals surface area contributed by atoms with Crippen LogP contribution >= 0.6 is 11.6 Å². The smallest absolute Gasteiger partial charge is 0.289 e. The summed E-state index contributed by atoms with van der Waals surface area (Å²) in [4.78, 5) is 28.4. The lowest BCUT2D eigenvalue weighted by Gasteiger charge is -2.34. The van der Waals surface area contributed by atoms with E-state index in [0.717, 1.165) is 5.56 Å². The molecule has 7 heteroatoms. The number of nitrogens with one attached hydrogen (secondary N) is 1. The van der Waals surface area contributed by atoms with E-state index in [2.05, 4.69) is 10.2 Å². The van der Waals surface area contributed by atoms with E-state index in [1.54, 1.807) is 29.2 Å². The predicted molar refractivity (Wildman–Crippen MR) is 105 cm³/mol. The van der Waals surface area contributed by atoms with E-state index in [1.807, 2.05) is 26.0 Å². The van der Waals surface area contributed by atoms with Gasteiger partial charge in [0, 0.05) is 42.8 Å². The summed E-state index contributed by atoms with van der Waals surface area (Å²) in [6.07, 6.45) is 0. The molecule has 1 aromatic carbocycles. The molecular weight excluding hydrogens is 366 g/mol. The first-order valence-corrected chi connectivity index (χ1v) is 9.47. The molecule has 0 bridgehead atoms. The third-order valence-corrected chi connectivity index (χ3v) is 4.67. The maximum absolute atomic E-state index is 12.7. The van der Waals surface area contributed by atoms with Gasteiger partial charge in [-0.3, -0.25) is 14.5 Å². The van der Waals surface area contributed by atoms with Crippen LogP contribution in [0.4, 0.5) is 0 Å². The summed E-state index contributed by atoms with van der Waals surface area (Å²) < 4.78 is 5.75. The third-order valence-electron chi connectivity index (χ3n) is 4.42. The zero-order valence-corrected chi connectivity index (χ0v) is 16.3. The minimum absolute atomic E-state index is 0.0171. The van der Waals surface area contributed by atoms with Gasteiger partial charge in [0.1, 0.15) is 5.76 Å². The lowest BCUT2D eigenvalue weighted by Crippen LogP contribution is -2.51. The normalized spacial score (nSPS) is 15.2. The Balaban J connectivity index is 1.55. The van der Waals surface area contributed by atoms with Gasteiger partial charge in [0.05, 0.1) is 6.54 Å². The molecule has 144 valence electrons. The number of piperazine rings is 1. The highest BCUT2D eigenvalue weighted by Crippen LogP contribution is 2.24. The average molecular weight is 390 g/mol. The van der Waals surface area contributed by atoms with Crippen LogP contribution in [0, 0.1) is 0 Å². The van der Waals surface area contributed by atoms with E-state index in [-0.39, 0.29) is 17.9 Å². The SMILES string of the molecule is CC(C)NC(=O)CN1CCN(C(=O)c2ccc(-c3ccc(Cl)cc3)o2)CC1. The van der Waals surface area contributed by atoms with Crippen LogP contribution in [-0.2, 0) is 4.79 Å². The van der Waals surface area contributed by atoms with Gasteiger partial charge in [-0.05, 0) is 50.2 Å². The summed E-state index contributed by atoms with van der Waals surface area (Å²) in [6, 6.07) is 10.9. The second kappa shape index (κ2) is 8.59. The Kier molecular flexibility index (Phi) is 6.19. The summed E-state index contributed by atoms with van der Waals surface area (Å²) in [5, 5.41) is 3.54. The van der Waals surface area contributed by atoms with Gasteiger partial charge in [-0.15, -0.1) is 0 Å². The van der Waals surface area contributed by atoms with Crippen LogP contribution in [0.1, 0.15) is 24.4 Å². The molecule has 1 aromatic heterocycles. The van der Waals surface area contributed by atoms with Gasteiger partial charge in [0.2, 0.25) is 5.91 Å². The lowest BCUT2D eigenvalue weighted by molar-refractivity contribution is -0.123. The molecule has 27 heavy (non-hydrogen) atoms. The first-order valence-electron chi connectivity index (χ1n) is 9.09. The molecule has 0 unspecified atom stereocenters. The molecule has 0 spiro atoms. The molecule has 0 aliphatic carbocycles. The van der Waals surface area contributed by atoms with Crippen LogP contribution in [-0.4, -0.2) is 60.4 Å². The predicted octanol–water partition coefficient (Wildman–Crippen LogP) is 2.88. The van der Waals surface area contributed by atoms with Crippen molar-refractivity contribution in [3.8, 4) is 11.3 Å². The van der Waals surface area contributed by atoms with E-state index >= 15 is 0 Å². The monoisotopic (exact) mass is 389 g/mol. The summed E-state index contributed by atoms with van der Waals surface area (Å²) in [6.45, 7) is 6.73.